The molecule has 142 valence electrons. The highest BCUT2D eigenvalue weighted by molar-refractivity contribution is 6.22. The maximum absolute atomic E-state index is 13.2. The summed E-state index contributed by atoms with van der Waals surface area (Å²) in [7, 11) is 0. The molecule has 4 amide bonds. The quantitative estimate of drug-likeness (QED) is 0.774. The number of carbonyl (C=O) groups is 3. The molecule has 2 heterocycles. The molecule has 0 aliphatic carbocycles. The van der Waals surface area contributed by atoms with Gasteiger partial charge < -0.3 is 4.74 Å². The maximum Gasteiger partial charge on any atom is 0.330 e. The number of ether oxygens (including phenoxy) is 1. The molecule has 1 aromatic carbocycles. The van der Waals surface area contributed by atoms with Gasteiger partial charge in [0.15, 0.2) is 5.41 Å². The molecule has 0 saturated carbocycles. The predicted octanol–water partition coefficient (Wildman–Crippen LogP) is 1.17. The first kappa shape index (κ1) is 20.4. The fraction of sp³-hybridized carbons (Fsp3) is 0.500. The lowest BCUT2D eigenvalue weighted by molar-refractivity contribution is -0.145. The molecule has 1 atom stereocenters. The molecule has 26 heavy (non-hydrogen) atoms. The van der Waals surface area contributed by atoms with Gasteiger partial charge >= 0.3 is 6.03 Å². The van der Waals surface area contributed by atoms with Gasteiger partial charge in [-0.2, -0.15) is 0 Å². The zero-order chi connectivity index (χ0) is 17.9. The zero-order valence-corrected chi connectivity index (χ0v) is 15.6. The Labute approximate surface area is 159 Å². The van der Waals surface area contributed by atoms with Gasteiger partial charge in [0.1, 0.15) is 0 Å². The molecular weight excluding hydrogens is 358 g/mol. The number of barbiturate groups is 1. The van der Waals surface area contributed by atoms with E-state index in [4.69, 9.17) is 4.74 Å². The Bertz CT molecular complexity index is 664. The van der Waals surface area contributed by atoms with Crippen molar-refractivity contribution in [3.8, 4) is 0 Å². The third kappa shape index (κ3) is 3.60. The number of carbonyl (C=O) groups excluding carboxylic acids is 3. The number of halogens is 1. The molecule has 0 spiro atoms. The number of hydrogen-bond acceptors (Lipinski definition) is 5. The summed E-state index contributed by atoms with van der Waals surface area (Å²) in [5.41, 5.74) is -0.732. The van der Waals surface area contributed by atoms with Crippen molar-refractivity contribution in [2.75, 3.05) is 39.4 Å². The second-order valence-corrected chi connectivity index (χ2v) is 6.29. The molecule has 8 heteroatoms. The summed E-state index contributed by atoms with van der Waals surface area (Å²) >= 11 is 0. The Hall–Kier alpha value is -1.96. The summed E-state index contributed by atoms with van der Waals surface area (Å²) in [6.07, 6.45) is 0.295. The van der Waals surface area contributed by atoms with Gasteiger partial charge in [-0.1, -0.05) is 37.3 Å². The van der Waals surface area contributed by atoms with Gasteiger partial charge in [0.2, 0.25) is 5.91 Å². The number of rotatable bonds is 5. The normalized spacial score (nSPS) is 24.2. The summed E-state index contributed by atoms with van der Waals surface area (Å²) in [5, 5.41) is 2.37. The van der Waals surface area contributed by atoms with E-state index in [0.29, 0.717) is 31.7 Å². The second kappa shape index (κ2) is 8.62. The van der Waals surface area contributed by atoms with E-state index < -0.39 is 23.3 Å². The van der Waals surface area contributed by atoms with Crippen LogP contribution < -0.4 is 5.32 Å². The highest BCUT2D eigenvalue weighted by atomic mass is 35.5. The fourth-order valence-corrected chi connectivity index (χ4v) is 3.45. The average Bonchev–Trinajstić information content (AvgIpc) is 2.64. The van der Waals surface area contributed by atoms with Gasteiger partial charge in [-0.3, -0.25) is 24.7 Å². The van der Waals surface area contributed by atoms with Crippen molar-refractivity contribution in [1.29, 1.82) is 0 Å². The number of amides is 4. The van der Waals surface area contributed by atoms with Crippen molar-refractivity contribution in [3.63, 3.8) is 0 Å². The van der Waals surface area contributed by atoms with Crippen LogP contribution in [0.2, 0.25) is 0 Å². The lowest BCUT2D eigenvalue weighted by atomic mass is 9.75. The smallest absolute Gasteiger partial charge is 0.330 e. The molecule has 0 bridgehead atoms. The van der Waals surface area contributed by atoms with E-state index in [2.05, 4.69) is 10.2 Å². The summed E-state index contributed by atoms with van der Waals surface area (Å²) in [4.78, 5) is 41.4. The maximum atomic E-state index is 13.2. The van der Waals surface area contributed by atoms with Crippen LogP contribution in [0.25, 0.3) is 0 Å². The minimum absolute atomic E-state index is 0. The van der Waals surface area contributed by atoms with Crippen molar-refractivity contribution in [3.05, 3.63) is 35.9 Å². The number of hydrogen-bond donors (Lipinski definition) is 1. The standard InChI is InChI=1S/C18H23N3O4.ClH/c1-2-18(14-6-4-3-5-7-14)15(22)19-17(24)21(16(18)23)9-8-20-10-12-25-13-11-20;/h3-7H,2,8-13H2,1H3,(H,19,22,24);1H. The number of benzene rings is 1. The van der Waals surface area contributed by atoms with Crippen molar-refractivity contribution in [2.45, 2.75) is 18.8 Å². The molecule has 2 fully saturated rings. The zero-order valence-electron chi connectivity index (χ0n) is 14.8. The average molecular weight is 382 g/mol. The monoisotopic (exact) mass is 381 g/mol. The van der Waals surface area contributed by atoms with Crippen LogP contribution in [0.1, 0.15) is 18.9 Å². The number of urea groups is 1. The van der Waals surface area contributed by atoms with E-state index in [1.165, 1.54) is 4.90 Å². The van der Waals surface area contributed by atoms with Gasteiger partial charge in [-0.25, -0.2) is 4.79 Å². The van der Waals surface area contributed by atoms with Crippen molar-refractivity contribution in [2.24, 2.45) is 0 Å². The van der Waals surface area contributed by atoms with Gasteiger partial charge in [0, 0.05) is 26.2 Å². The number of nitrogens with zero attached hydrogens (tertiary/aromatic N) is 2. The van der Waals surface area contributed by atoms with Crippen LogP contribution >= 0.6 is 12.4 Å². The second-order valence-electron chi connectivity index (χ2n) is 6.29. The van der Waals surface area contributed by atoms with Crippen molar-refractivity contribution >= 4 is 30.3 Å². The van der Waals surface area contributed by atoms with Crippen LogP contribution in [0, 0.1) is 0 Å². The van der Waals surface area contributed by atoms with Gasteiger partial charge in [0.25, 0.3) is 5.91 Å². The van der Waals surface area contributed by atoms with Crippen molar-refractivity contribution < 1.29 is 19.1 Å². The third-order valence-corrected chi connectivity index (χ3v) is 5.00. The molecule has 1 N–H and O–H groups in total. The highest BCUT2D eigenvalue weighted by Gasteiger charge is 2.53. The molecule has 2 saturated heterocycles. The molecular formula is C18H24ClN3O4. The van der Waals surface area contributed by atoms with Crippen LogP contribution in [0.15, 0.2) is 30.3 Å². The molecule has 3 rings (SSSR count). The van der Waals surface area contributed by atoms with Crippen LogP contribution in [-0.2, 0) is 19.7 Å². The van der Waals surface area contributed by atoms with E-state index in [0.717, 1.165) is 13.1 Å². The summed E-state index contributed by atoms with van der Waals surface area (Å²) in [5.74, 6) is -0.984. The Morgan fingerprint density at radius 1 is 1.08 bits per heavy atom. The van der Waals surface area contributed by atoms with Gasteiger partial charge in [-0.15, -0.1) is 12.4 Å². The number of imide groups is 2. The molecule has 0 radical (unpaired) electrons. The summed E-state index contributed by atoms with van der Waals surface area (Å²) in [6.45, 7) is 5.49. The van der Waals surface area contributed by atoms with Crippen LogP contribution in [-0.4, -0.2) is 67.0 Å². The first-order valence-corrected chi connectivity index (χ1v) is 8.62. The third-order valence-electron chi connectivity index (χ3n) is 5.00. The van der Waals surface area contributed by atoms with E-state index in [1.807, 2.05) is 6.07 Å². The predicted molar refractivity (Wildman–Crippen MR) is 98.2 cm³/mol. The Morgan fingerprint density at radius 2 is 1.73 bits per heavy atom. The Balaban J connectivity index is 0.00000243. The lowest BCUT2D eigenvalue weighted by Crippen LogP contribution is -2.66. The van der Waals surface area contributed by atoms with Crippen LogP contribution in [0.3, 0.4) is 0 Å². The molecule has 0 aromatic heterocycles. The molecule has 2 aliphatic heterocycles. The van der Waals surface area contributed by atoms with Crippen LogP contribution in [0.4, 0.5) is 4.79 Å². The lowest BCUT2D eigenvalue weighted by Gasteiger charge is -2.40. The number of nitrogens with one attached hydrogen (secondary N) is 1. The summed E-state index contributed by atoms with van der Waals surface area (Å²) < 4.78 is 5.31. The molecule has 7 nitrogen and oxygen atoms in total. The first-order valence-electron chi connectivity index (χ1n) is 8.62. The van der Waals surface area contributed by atoms with E-state index in [9.17, 15) is 14.4 Å². The Morgan fingerprint density at radius 3 is 2.35 bits per heavy atom. The van der Waals surface area contributed by atoms with Crippen LogP contribution in [0.5, 0.6) is 0 Å². The minimum atomic E-state index is -1.35. The highest BCUT2D eigenvalue weighted by Crippen LogP contribution is 2.33. The van der Waals surface area contributed by atoms with Gasteiger partial charge in [0.05, 0.1) is 13.2 Å². The summed E-state index contributed by atoms with van der Waals surface area (Å²) in [6, 6.07) is 8.31. The van der Waals surface area contributed by atoms with E-state index in [1.54, 1.807) is 31.2 Å². The Kier molecular flexibility index (Phi) is 6.75. The largest absolute Gasteiger partial charge is 0.379 e. The number of morpholine rings is 1. The topological polar surface area (TPSA) is 79.0 Å². The van der Waals surface area contributed by atoms with E-state index >= 15 is 0 Å². The van der Waals surface area contributed by atoms with Gasteiger partial charge in [-0.05, 0) is 12.0 Å². The van der Waals surface area contributed by atoms with Crippen molar-refractivity contribution in [1.82, 2.24) is 15.1 Å². The minimum Gasteiger partial charge on any atom is -0.379 e. The fourth-order valence-electron chi connectivity index (χ4n) is 3.45. The molecule has 1 aromatic rings. The molecule has 1 unspecified atom stereocenters. The first-order chi connectivity index (χ1) is 12.1. The SMILES string of the molecule is CCC1(c2ccccc2)C(=O)NC(=O)N(CCN2CCOCC2)C1=O.Cl. The van der Waals surface area contributed by atoms with E-state index in [-0.39, 0.29) is 19.0 Å². The molecule has 2 aliphatic rings.